The first-order valence-corrected chi connectivity index (χ1v) is 21.6. The molecule has 0 spiro atoms. The Hall–Kier alpha value is -7.95. The molecule has 63 heavy (non-hydrogen) atoms. The van der Waals surface area contributed by atoms with Crippen molar-refractivity contribution < 1.29 is 0 Å². The largest absolute Gasteiger partial charge is 0.363 e. The van der Waals surface area contributed by atoms with Crippen molar-refractivity contribution in [2.45, 2.75) is 26.2 Å². The van der Waals surface area contributed by atoms with Crippen LogP contribution in [0.25, 0.3) is 5.57 Å². The van der Waals surface area contributed by atoms with Gasteiger partial charge in [0, 0.05) is 43.8 Å². The minimum Gasteiger partial charge on any atom is -0.363 e. The quantitative estimate of drug-likeness (QED) is 0.0489. The molecule has 8 aromatic rings. The van der Waals surface area contributed by atoms with Gasteiger partial charge in [-0.25, -0.2) is 5.01 Å². The average molecular weight is 817 g/mol. The zero-order valence-electron chi connectivity index (χ0n) is 35.5. The van der Waals surface area contributed by atoms with Gasteiger partial charge in [0.1, 0.15) is 0 Å². The lowest BCUT2D eigenvalue weighted by Crippen LogP contribution is -2.22. The highest BCUT2D eigenvalue weighted by Gasteiger charge is 2.13. The molecule has 0 aliphatic rings. The predicted octanol–water partition coefficient (Wildman–Crippen LogP) is 14.5. The summed E-state index contributed by atoms with van der Waals surface area (Å²) >= 11 is 0. The molecular weight excluding hydrogens is 765 g/mol. The van der Waals surface area contributed by atoms with E-state index in [1.54, 1.807) is 0 Å². The fourth-order valence-corrected chi connectivity index (χ4v) is 7.61. The topological polar surface area (TPSA) is 22.1 Å². The van der Waals surface area contributed by atoms with E-state index in [2.05, 4.69) is 222 Å². The molecule has 0 atom stereocenters. The normalized spacial score (nSPS) is 11.2. The Balaban J connectivity index is 1.08. The van der Waals surface area contributed by atoms with Crippen LogP contribution in [0.15, 0.2) is 266 Å². The Kier molecular flexibility index (Phi) is 14.6. The summed E-state index contributed by atoms with van der Waals surface area (Å²) in [4.78, 5) is 4.90. The maximum absolute atomic E-state index is 4.81. The van der Waals surface area contributed by atoms with E-state index in [0.717, 1.165) is 54.3 Å². The van der Waals surface area contributed by atoms with Crippen LogP contribution in [0.3, 0.4) is 0 Å². The van der Waals surface area contributed by atoms with Crippen molar-refractivity contribution in [2.75, 3.05) is 14.8 Å². The Bertz CT molecular complexity index is 2420. The van der Waals surface area contributed by atoms with Gasteiger partial charge in [-0.1, -0.05) is 206 Å². The molecule has 0 amide bonds. The molecule has 0 unspecified atom stereocenters. The van der Waals surface area contributed by atoms with E-state index in [9.17, 15) is 0 Å². The van der Waals surface area contributed by atoms with Gasteiger partial charge in [-0.3, -0.25) is 0 Å². The molecule has 4 nitrogen and oxygen atoms in total. The van der Waals surface area contributed by atoms with E-state index < -0.39 is 0 Å². The molecule has 0 aliphatic heterocycles. The molecule has 0 aromatic heterocycles. The summed E-state index contributed by atoms with van der Waals surface area (Å²) in [6.07, 6.45) is 12.2. The Labute approximate surface area is 373 Å². The first-order valence-electron chi connectivity index (χ1n) is 21.6. The minimum atomic E-state index is 0.814. The maximum atomic E-state index is 4.81. The molecular formula is C59H52N4. The molecule has 0 bridgehead atoms. The molecule has 0 radical (unpaired) electrons. The van der Waals surface area contributed by atoms with Crippen LogP contribution in [0, 0.1) is 0 Å². The van der Waals surface area contributed by atoms with Gasteiger partial charge in [0.15, 0.2) is 0 Å². The van der Waals surface area contributed by atoms with Crippen molar-refractivity contribution in [1.29, 1.82) is 0 Å². The molecule has 8 rings (SSSR count). The van der Waals surface area contributed by atoms with Crippen LogP contribution in [-0.4, -0.2) is 6.21 Å². The third kappa shape index (κ3) is 12.1. The average Bonchev–Trinajstić information content (AvgIpc) is 3.35. The third-order valence-corrected chi connectivity index (χ3v) is 10.8. The summed E-state index contributed by atoms with van der Waals surface area (Å²) in [5.41, 5.74) is 12.9. The Morgan fingerprint density at radius 1 is 0.317 bits per heavy atom. The number of hydrogen-bond acceptors (Lipinski definition) is 4. The van der Waals surface area contributed by atoms with E-state index in [1.807, 2.05) is 59.8 Å². The van der Waals surface area contributed by atoms with Gasteiger partial charge in [-0.15, -0.1) is 0 Å². The van der Waals surface area contributed by atoms with Gasteiger partial charge in [-0.2, -0.15) is 5.10 Å². The van der Waals surface area contributed by atoms with Crippen molar-refractivity contribution in [3.05, 3.63) is 294 Å². The monoisotopic (exact) mass is 816 g/mol. The highest BCUT2D eigenvalue weighted by Crippen LogP contribution is 2.30. The number of anilines is 4. The molecule has 308 valence electrons. The van der Waals surface area contributed by atoms with E-state index >= 15 is 0 Å². The van der Waals surface area contributed by atoms with Gasteiger partial charge in [0.2, 0.25) is 0 Å². The van der Waals surface area contributed by atoms with Crippen molar-refractivity contribution in [3.8, 4) is 0 Å². The number of para-hydroxylation sites is 2. The van der Waals surface area contributed by atoms with Crippen LogP contribution in [0.4, 0.5) is 22.7 Å². The van der Waals surface area contributed by atoms with Crippen molar-refractivity contribution >= 4 is 34.5 Å². The van der Waals surface area contributed by atoms with Crippen molar-refractivity contribution in [1.82, 2.24) is 0 Å². The molecule has 0 aliphatic carbocycles. The SMILES string of the molecule is C(C=CC=C(c1ccc(N(Cc2ccccc2)Cc2ccccc2)cc1)c1ccc(N(Cc2ccccc2)Cc2ccccc2)cc1)=CC=NN(c1ccccc1)c1ccccc1. The first kappa shape index (κ1) is 41.8. The molecule has 4 heteroatoms. The third-order valence-electron chi connectivity index (χ3n) is 10.8. The number of hydrogen-bond donors (Lipinski definition) is 0. The van der Waals surface area contributed by atoms with E-state index in [0.29, 0.717) is 0 Å². The Morgan fingerprint density at radius 3 is 0.984 bits per heavy atom. The van der Waals surface area contributed by atoms with Gasteiger partial charge in [0.25, 0.3) is 0 Å². The second-order valence-electron chi connectivity index (χ2n) is 15.3. The van der Waals surface area contributed by atoms with E-state index in [-0.39, 0.29) is 0 Å². The van der Waals surface area contributed by atoms with Crippen LogP contribution in [0.5, 0.6) is 0 Å². The van der Waals surface area contributed by atoms with Crippen LogP contribution >= 0.6 is 0 Å². The van der Waals surface area contributed by atoms with Crippen molar-refractivity contribution in [3.63, 3.8) is 0 Å². The fourth-order valence-electron chi connectivity index (χ4n) is 7.61. The highest BCUT2D eigenvalue weighted by molar-refractivity contribution is 5.82. The zero-order chi connectivity index (χ0) is 42.7. The number of allylic oxidation sites excluding steroid dienone is 5. The second-order valence-corrected chi connectivity index (χ2v) is 15.3. The van der Waals surface area contributed by atoms with Gasteiger partial charge in [0.05, 0.1) is 11.4 Å². The van der Waals surface area contributed by atoms with E-state index in [4.69, 9.17) is 5.10 Å². The Morgan fingerprint density at radius 2 is 0.635 bits per heavy atom. The standard InChI is InChI=1S/C59H52N4/c1(2-22-44-60-63(57-31-17-7-18-32-57)58-33-19-8-20-34-58)21-35-59(53-36-40-55(41-37-53)61(45-49-23-9-3-10-24-49)46-50-25-11-4-12-26-50)54-38-42-56(43-39-54)62(47-51-27-13-5-14-28-51)48-52-29-15-6-16-30-52/h1-44H,45-48H2. The van der Waals surface area contributed by atoms with Gasteiger partial charge < -0.3 is 9.80 Å². The molecule has 0 N–H and O–H groups in total. The number of benzene rings is 8. The maximum Gasteiger partial charge on any atom is 0.0652 e. The smallest absolute Gasteiger partial charge is 0.0652 e. The molecule has 0 saturated heterocycles. The van der Waals surface area contributed by atoms with Crippen LogP contribution in [-0.2, 0) is 26.2 Å². The fraction of sp³-hybridized carbons (Fsp3) is 0.0678. The minimum absolute atomic E-state index is 0.814. The molecule has 0 saturated carbocycles. The number of hydrazone groups is 1. The van der Waals surface area contributed by atoms with E-state index in [1.165, 1.54) is 33.6 Å². The lowest BCUT2D eigenvalue weighted by Gasteiger charge is -2.26. The second kappa shape index (κ2) is 22.1. The van der Waals surface area contributed by atoms with Crippen molar-refractivity contribution in [2.24, 2.45) is 5.10 Å². The molecule has 8 aromatic carbocycles. The van der Waals surface area contributed by atoms with Crippen LogP contribution < -0.4 is 14.8 Å². The predicted molar refractivity (Wildman–Crippen MR) is 267 cm³/mol. The lowest BCUT2D eigenvalue weighted by atomic mass is 9.96. The summed E-state index contributed by atoms with van der Waals surface area (Å²) in [5, 5.41) is 6.75. The van der Waals surface area contributed by atoms with Crippen LogP contribution in [0.1, 0.15) is 33.4 Å². The number of nitrogens with zero attached hydrogens (tertiary/aromatic N) is 4. The highest BCUT2D eigenvalue weighted by atomic mass is 15.5. The lowest BCUT2D eigenvalue weighted by molar-refractivity contribution is 0.800. The van der Waals surface area contributed by atoms with Crippen LogP contribution in [0.2, 0.25) is 0 Å². The summed E-state index contributed by atoms with van der Waals surface area (Å²) in [6, 6.07) is 81.3. The van der Waals surface area contributed by atoms with Gasteiger partial charge in [-0.05, 0) is 93.6 Å². The summed E-state index contributed by atoms with van der Waals surface area (Å²) in [7, 11) is 0. The number of rotatable bonds is 18. The molecule has 0 heterocycles. The summed E-state index contributed by atoms with van der Waals surface area (Å²) in [5.74, 6) is 0. The van der Waals surface area contributed by atoms with Gasteiger partial charge >= 0.3 is 0 Å². The zero-order valence-corrected chi connectivity index (χ0v) is 35.5. The first-order chi connectivity index (χ1) is 31.2. The summed E-state index contributed by atoms with van der Waals surface area (Å²) < 4.78 is 0. The summed E-state index contributed by atoms with van der Waals surface area (Å²) in [6.45, 7) is 3.26. The molecule has 0 fully saturated rings.